The van der Waals surface area contributed by atoms with E-state index in [2.05, 4.69) is 29.1 Å². The molecule has 5 heteroatoms. The van der Waals surface area contributed by atoms with Gasteiger partial charge in [-0.05, 0) is 30.2 Å². The van der Waals surface area contributed by atoms with E-state index in [0.717, 1.165) is 33.3 Å². The van der Waals surface area contributed by atoms with Crippen LogP contribution in [0.3, 0.4) is 0 Å². The first-order chi connectivity index (χ1) is 9.65. The number of nitrogens with zero attached hydrogens (tertiary/aromatic N) is 2. The highest BCUT2D eigenvalue weighted by atomic mass is 35.5. The SMILES string of the molecule is CC(C)C1CN=C(Nc2ccc(Cl)c3cccnc23)S1. The molecule has 1 aromatic carbocycles. The molecule has 1 N–H and O–H groups in total. The van der Waals surface area contributed by atoms with E-state index in [1.165, 1.54) is 0 Å². The second-order valence-electron chi connectivity index (χ2n) is 5.17. The first kappa shape index (κ1) is 13.7. The number of pyridine rings is 1. The van der Waals surface area contributed by atoms with Crippen molar-refractivity contribution in [3.8, 4) is 0 Å². The molecular weight excluding hydrogens is 290 g/mol. The molecule has 0 spiro atoms. The summed E-state index contributed by atoms with van der Waals surface area (Å²) in [5.74, 6) is 0.628. The molecule has 20 heavy (non-hydrogen) atoms. The van der Waals surface area contributed by atoms with Crippen LogP contribution in [0.25, 0.3) is 10.9 Å². The molecule has 1 aliphatic heterocycles. The number of aromatic nitrogens is 1. The van der Waals surface area contributed by atoms with E-state index >= 15 is 0 Å². The standard InChI is InChI=1S/C15H16ClN3S/c1-9(2)13-8-18-15(20-13)19-12-6-5-11(16)10-4-3-7-17-14(10)12/h3-7,9,13H,8H2,1-2H3,(H,18,19). The fourth-order valence-corrected chi connectivity index (χ4v) is 3.40. The summed E-state index contributed by atoms with van der Waals surface area (Å²) in [5.41, 5.74) is 1.84. The van der Waals surface area contributed by atoms with Gasteiger partial charge in [-0.2, -0.15) is 0 Å². The normalized spacial score (nSPS) is 18.6. The zero-order valence-electron chi connectivity index (χ0n) is 11.4. The smallest absolute Gasteiger partial charge is 0.161 e. The molecule has 2 aromatic rings. The van der Waals surface area contributed by atoms with E-state index in [1.54, 1.807) is 18.0 Å². The summed E-state index contributed by atoms with van der Waals surface area (Å²) in [6, 6.07) is 7.74. The van der Waals surface area contributed by atoms with Gasteiger partial charge in [-0.25, -0.2) is 0 Å². The van der Waals surface area contributed by atoms with Gasteiger partial charge in [0.15, 0.2) is 5.17 Å². The van der Waals surface area contributed by atoms with Crippen LogP contribution in [0, 0.1) is 5.92 Å². The molecule has 1 aliphatic rings. The minimum absolute atomic E-state index is 0.559. The third-order valence-electron chi connectivity index (χ3n) is 3.38. The molecule has 0 radical (unpaired) electrons. The van der Waals surface area contributed by atoms with Crippen molar-refractivity contribution in [2.24, 2.45) is 10.9 Å². The molecule has 3 rings (SSSR count). The summed E-state index contributed by atoms with van der Waals surface area (Å²) in [6.07, 6.45) is 1.78. The predicted molar refractivity (Wildman–Crippen MR) is 88.9 cm³/mol. The number of amidine groups is 1. The quantitative estimate of drug-likeness (QED) is 0.892. The van der Waals surface area contributed by atoms with Crippen molar-refractivity contribution in [2.75, 3.05) is 11.9 Å². The average molecular weight is 306 g/mol. The van der Waals surface area contributed by atoms with Crippen LogP contribution in [0.15, 0.2) is 35.5 Å². The number of aliphatic imine (C=N–C) groups is 1. The number of nitrogens with one attached hydrogen (secondary N) is 1. The van der Waals surface area contributed by atoms with Crippen molar-refractivity contribution in [1.29, 1.82) is 0 Å². The van der Waals surface area contributed by atoms with Crippen LogP contribution in [-0.2, 0) is 0 Å². The lowest BCUT2D eigenvalue weighted by Gasteiger charge is -2.13. The fourth-order valence-electron chi connectivity index (χ4n) is 2.16. The van der Waals surface area contributed by atoms with E-state index in [0.29, 0.717) is 11.2 Å². The van der Waals surface area contributed by atoms with Crippen LogP contribution in [-0.4, -0.2) is 21.9 Å². The Morgan fingerprint density at radius 3 is 2.95 bits per heavy atom. The van der Waals surface area contributed by atoms with Gasteiger partial charge in [-0.3, -0.25) is 9.98 Å². The largest absolute Gasteiger partial charge is 0.333 e. The summed E-state index contributed by atoms with van der Waals surface area (Å²) in [4.78, 5) is 9.00. The topological polar surface area (TPSA) is 37.3 Å². The average Bonchev–Trinajstić information content (AvgIpc) is 2.91. The van der Waals surface area contributed by atoms with Crippen LogP contribution < -0.4 is 5.32 Å². The van der Waals surface area contributed by atoms with E-state index in [9.17, 15) is 0 Å². The highest BCUT2D eigenvalue weighted by Crippen LogP contribution is 2.31. The van der Waals surface area contributed by atoms with E-state index in [4.69, 9.17) is 11.6 Å². The maximum Gasteiger partial charge on any atom is 0.161 e. The van der Waals surface area contributed by atoms with Crippen LogP contribution in [0.5, 0.6) is 0 Å². The Labute approximate surface area is 127 Å². The summed E-state index contributed by atoms with van der Waals surface area (Å²) < 4.78 is 0. The monoisotopic (exact) mass is 305 g/mol. The Morgan fingerprint density at radius 1 is 1.35 bits per heavy atom. The van der Waals surface area contributed by atoms with Crippen molar-refractivity contribution in [3.05, 3.63) is 35.5 Å². The summed E-state index contributed by atoms with van der Waals surface area (Å²) in [5, 5.41) is 6.60. The molecule has 0 bridgehead atoms. The molecule has 2 heterocycles. The molecule has 0 aliphatic carbocycles. The Morgan fingerprint density at radius 2 is 2.20 bits per heavy atom. The van der Waals surface area contributed by atoms with Crippen LogP contribution >= 0.6 is 23.4 Å². The molecule has 0 fully saturated rings. The minimum atomic E-state index is 0.559. The number of halogens is 1. The maximum absolute atomic E-state index is 6.21. The molecular formula is C15H16ClN3S. The molecule has 0 saturated heterocycles. The zero-order valence-corrected chi connectivity index (χ0v) is 13.0. The summed E-state index contributed by atoms with van der Waals surface area (Å²) in [6.45, 7) is 5.34. The number of fused-ring (bicyclic) bond motifs is 1. The van der Waals surface area contributed by atoms with Crippen molar-refractivity contribution >= 4 is 45.1 Å². The highest BCUT2D eigenvalue weighted by molar-refractivity contribution is 8.15. The minimum Gasteiger partial charge on any atom is -0.333 e. The summed E-state index contributed by atoms with van der Waals surface area (Å²) in [7, 11) is 0. The van der Waals surface area contributed by atoms with Gasteiger partial charge >= 0.3 is 0 Å². The molecule has 104 valence electrons. The molecule has 0 amide bonds. The molecule has 0 saturated carbocycles. The summed E-state index contributed by atoms with van der Waals surface area (Å²) >= 11 is 8.01. The van der Waals surface area contributed by atoms with Crippen molar-refractivity contribution in [2.45, 2.75) is 19.1 Å². The van der Waals surface area contributed by atoms with Gasteiger partial charge in [-0.1, -0.05) is 37.2 Å². The first-order valence-corrected chi connectivity index (χ1v) is 7.92. The van der Waals surface area contributed by atoms with E-state index < -0.39 is 0 Å². The molecule has 1 aromatic heterocycles. The zero-order chi connectivity index (χ0) is 14.1. The molecule has 3 nitrogen and oxygen atoms in total. The van der Waals surface area contributed by atoms with Crippen molar-refractivity contribution in [3.63, 3.8) is 0 Å². The van der Waals surface area contributed by atoms with Crippen molar-refractivity contribution < 1.29 is 0 Å². The highest BCUT2D eigenvalue weighted by Gasteiger charge is 2.23. The van der Waals surface area contributed by atoms with Gasteiger partial charge in [0.2, 0.25) is 0 Å². The second-order valence-corrected chi connectivity index (χ2v) is 6.80. The van der Waals surface area contributed by atoms with Gasteiger partial charge in [0, 0.05) is 16.8 Å². The number of hydrogen-bond acceptors (Lipinski definition) is 4. The maximum atomic E-state index is 6.21. The van der Waals surface area contributed by atoms with Gasteiger partial charge < -0.3 is 5.32 Å². The van der Waals surface area contributed by atoms with E-state index in [-0.39, 0.29) is 0 Å². The van der Waals surface area contributed by atoms with Crippen LogP contribution in [0.4, 0.5) is 5.69 Å². The second kappa shape index (κ2) is 5.62. The number of rotatable bonds is 2. The third-order valence-corrected chi connectivity index (χ3v) is 5.16. The van der Waals surface area contributed by atoms with Crippen LogP contribution in [0.2, 0.25) is 5.02 Å². The van der Waals surface area contributed by atoms with Gasteiger partial charge in [0.25, 0.3) is 0 Å². The lowest BCUT2D eigenvalue weighted by Crippen LogP contribution is -2.13. The Hall–Kier alpha value is -1.26. The molecule has 1 unspecified atom stereocenters. The Kier molecular flexibility index (Phi) is 3.85. The number of anilines is 1. The lowest BCUT2D eigenvalue weighted by molar-refractivity contribution is 0.621. The number of benzene rings is 1. The van der Waals surface area contributed by atoms with Gasteiger partial charge in [0.05, 0.1) is 22.8 Å². The first-order valence-electron chi connectivity index (χ1n) is 6.66. The van der Waals surface area contributed by atoms with Gasteiger partial charge in [0.1, 0.15) is 0 Å². The van der Waals surface area contributed by atoms with Crippen molar-refractivity contribution in [1.82, 2.24) is 4.98 Å². The van der Waals surface area contributed by atoms with E-state index in [1.807, 2.05) is 24.3 Å². The Bertz CT molecular complexity index is 669. The predicted octanol–water partition coefficient (Wildman–Crippen LogP) is 4.43. The third kappa shape index (κ3) is 2.63. The fraction of sp³-hybridized carbons (Fsp3) is 0.333. The van der Waals surface area contributed by atoms with Gasteiger partial charge in [-0.15, -0.1) is 0 Å². The Balaban J connectivity index is 1.88. The van der Waals surface area contributed by atoms with Crippen LogP contribution in [0.1, 0.15) is 13.8 Å². The lowest BCUT2D eigenvalue weighted by atomic mass is 10.1. The number of thioether (sulfide) groups is 1. The molecule has 1 atom stereocenters. The number of hydrogen-bond donors (Lipinski definition) is 1.